The third-order valence-corrected chi connectivity index (χ3v) is 4.70. The van der Waals surface area contributed by atoms with E-state index in [1.54, 1.807) is 0 Å². The second-order valence-corrected chi connectivity index (χ2v) is 7.00. The molecule has 0 saturated carbocycles. The van der Waals surface area contributed by atoms with Crippen molar-refractivity contribution in [2.75, 3.05) is 4.90 Å². The molecule has 0 aliphatic carbocycles. The predicted molar refractivity (Wildman–Crippen MR) is 93.1 cm³/mol. The molecule has 0 radical (unpaired) electrons. The van der Waals surface area contributed by atoms with E-state index in [0.717, 1.165) is 31.4 Å². The van der Waals surface area contributed by atoms with Crippen molar-refractivity contribution < 1.29 is 4.79 Å². The zero-order valence-corrected chi connectivity index (χ0v) is 14.4. The number of nitrogens with zero attached hydrogens (tertiary/aromatic N) is 1. The van der Waals surface area contributed by atoms with Gasteiger partial charge in [-0.3, -0.25) is 4.79 Å². The monoisotopic (exact) mass is 302 g/mol. The zero-order chi connectivity index (χ0) is 16.3. The van der Waals surface area contributed by atoms with Crippen molar-refractivity contribution in [1.82, 2.24) is 0 Å². The van der Waals surface area contributed by atoms with Gasteiger partial charge in [-0.05, 0) is 49.3 Å². The molecule has 3 nitrogen and oxygen atoms in total. The number of carbonyl (C=O) groups is 1. The van der Waals surface area contributed by atoms with Gasteiger partial charge >= 0.3 is 0 Å². The lowest BCUT2D eigenvalue weighted by Gasteiger charge is -2.23. The summed E-state index contributed by atoms with van der Waals surface area (Å²) in [4.78, 5) is 14.4. The van der Waals surface area contributed by atoms with Crippen molar-refractivity contribution in [1.29, 1.82) is 0 Å². The molecule has 122 valence electrons. The van der Waals surface area contributed by atoms with Gasteiger partial charge in [0.25, 0.3) is 0 Å². The summed E-state index contributed by atoms with van der Waals surface area (Å²) in [5.74, 6) is 0.749. The number of hydrogen-bond donors (Lipinski definition) is 1. The van der Waals surface area contributed by atoms with Crippen LogP contribution in [0.4, 0.5) is 5.69 Å². The van der Waals surface area contributed by atoms with E-state index in [2.05, 4.69) is 45.9 Å². The minimum Gasteiger partial charge on any atom is -0.327 e. The molecule has 1 aromatic rings. The number of unbranched alkanes of at least 4 members (excludes halogenated alkanes) is 1. The number of anilines is 1. The minimum absolute atomic E-state index is 0.194. The number of amides is 1. The first kappa shape index (κ1) is 17.0. The van der Waals surface area contributed by atoms with Gasteiger partial charge in [-0.2, -0.15) is 0 Å². The lowest BCUT2D eigenvalue weighted by Crippen LogP contribution is -2.35. The first-order chi connectivity index (χ1) is 10.4. The summed E-state index contributed by atoms with van der Waals surface area (Å²) in [6.45, 7) is 8.59. The zero-order valence-electron chi connectivity index (χ0n) is 14.4. The second kappa shape index (κ2) is 7.28. The fraction of sp³-hybridized carbons (Fsp3) is 0.632. The summed E-state index contributed by atoms with van der Waals surface area (Å²) in [6, 6.07) is 6.97. The second-order valence-electron chi connectivity index (χ2n) is 7.00. The summed E-state index contributed by atoms with van der Waals surface area (Å²) in [6.07, 6.45) is 4.55. The van der Waals surface area contributed by atoms with Crippen LogP contribution in [-0.4, -0.2) is 18.0 Å². The van der Waals surface area contributed by atoms with Crippen LogP contribution in [0.5, 0.6) is 0 Å². The summed E-state index contributed by atoms with van der Waals surface area (Å²) in [5.41, 5.74) is 9.88. The number of benzene rings is 1. The quantitative estimate of drug-likeness (QED) is 0.871. The van der Waals surface area contributed by atoms with Gasteiger partial charge in [-0.25, -0.2) is 0 Å². The fourth-order valence-corrected chi connectivity index (χ4v) is 3.15. The molecular formula is C19H30N2O. The van der Waals surface area contributed by atoms with Crippen LogP contribution in [0.1, 0.15) is 58.1 Å². The number of fused-ring (bicyclic) bond motifs is 1. The van der Waals surface area contributed by atoms with Gasteiger partial charge in [0.1, 0.15) is 0 Å². The molecular weight excluding hydrogens is 272 g/mol. The topological polar surface area (TPSA) is 46.3 Å². The van der Waals surface area contributed by atoms with E-state index in [0.29, 0.717) is 12.3 Å². The van der Waals surface area contributed by atoms with Crippen molar-refractivity contribution in [2.45, 2.75) is 71.9 Å². The molecule has 1 aliphatic heterocycles. The van der Waals surface area contributed by atoms with Crippen molar-refractivity contribution in [3.05, 3.63) is 29.3 Å². The summed E-state index contributed by atoms with van der Waals surface area (Å²) >= 11 is 0. The number of carbonyl (C=O) groups excluding carboxylic acids is 1. The molecule has 2 rings (SSSR count). The molecule has 2 N–H and O–H groups in total. The summed E-state index contributed by atoms with van der Waals surface area (Å²) in [5, 5.41) is 0. The Morgan fingerprint density at radius 3 is 2.77 bits per heavy atom. The van der Waals surface area contributed by atoms with E-state index >= 15 is 0 Å². The molecule has 1 heterocycles. The van der Waals surface area contributed by atoms with E-state index in [1.807, 2.05) is 4.90 Å². The van der Waals surface area contributed by atoms with Gasteiger partial charge in [0.05, 0.1) is 0 Å². The van der Waals surface area contributed by atoms with Crippen LogP contribution in [0, 0.1) is 5.92 Å². The van der Waals surface area contributed by atoms with Crippen molar-refractivity contribution in [2.24, 2.45) is 11.7 Å². The highest BCUT2D eigenvalue weighted by molar-refractivity contribution is 5.96. The Hall–Kier alpha value is -1.35. The largest absolute Gasteiger partial charge is 0.327 e. The Morgan fingerprint density at radius 1 is 1.41 bits per heavy atom. The Kier molecular flexibility index (Phi) is 5.63. The summed E-state index contributed by atoms with van der Waals surface area (Å²) < 4.78 is 0. The molecule has 0 aromatic heterocycles. The van der Waals surface area contributed by atoms with Crippen molar-refractivity contribution >= 4 is 11.6 Å². The molecule has 1 amide bonds. The maximum atomic E-state index is 12.4. The van der Waals surface area contributed by atoms with E-state index in [1.165, 1.54) is 11.1 Å². The standard InChI is InChI=1S/C19H30N2O/c1-5-6-7-19(22)21-14(4)10-16-11-15(8-9-18(16)21)12-17(20)13(2)3/h8-9,11,13-14,17H,5-7,10,12,20H2,1-4H3. The smallest absolute Gasteiger partial charge is 0.227 e. The predicted octanol–water partition coefficient (Wildman–Crippen LogP) is 3.68. The van der Waals surface area contributed by atoms with Crippen LogP contribution in [0.25, 0.3) is 0 Å². The van der Waals surface area contributed by atoms with E-state index in [4.69, 9.17) is 5.73 Å². The summed E-state index contributed by atoms with van der Waals surface area (Å²) in [7, 11) is 0. The molecule has 0 fully saturated rings. The highest BCUT2D eigenvalue weighted by Crippen LogP contribution is 2.34. The van der Waals surface area contributed by atoms with Crippen LogP contribution in [0.15, 0.2) is 18.2 Å². The first-order valence-corrected chi connectivity index (χ1v) is 8.63. The fourth-order valence-electron chi connectivity index (χ4n) is 3.15. The van der Waals surface area contributed by atoms with Crippen LogP contribution < -0.4 is 10.6 Å². The maximum Gasteiger partial charge on any atom is 0.227 e. The Bertz CT molecular complexity index is 524. The maximum absolute atomic E-state index is 12.4. The van der Waals surface area contributed by atoms with E-state index < -0.39 is 0 Å². The molecule has 1 aromatic carbocycles. The van der Waals surface area contributed by atoms with Gasteiger partial charge in [0.2, 0.25) is 5.91 Å². The normalized spacial score (nSPS) is 18.6. The average molecular weight is 302 g/mol. The molecule has 2 atom stereocenters. The number of hydrogen-bond acceptors (Lipinski definition) is 2. The van der Waals surface area contributed by atoms with Gasteiger partial charge in [-0.1, -0.05) is 39.3 Å². The van der Waals surface area contributed by atoms with Crippen molar-refractivity contribution in [3.63, 3.8) is 0 Å². The molecule has 0 bridgehead atoms. The molecule has 0 saturated heterocycles. The van der Waals surface area contributed by atoms with E-state index in [-0.39, 0.29) is 18.0 Å². The van der Waals surface area contributed by atoms with Gasteiger partial charge in [-0.15, -0.1) is 0 Å². The van der Waals surface area contributed by atoms with Gasteiger partial charge < -0.3 is 10.6 Å². The molecule has 1 aliphatic rings. The highest BCUT2D eigenvalue weighted by atomic mass is 16.2. The minimum atomic E-state index is 0.194. The Balaban J connectivity index is 2.15. The molecule has 22 heavy (non-hydrogen) atoms. The lowest BCUT2D eigenvalue weighted by atomic mass is 9.96. The van der Waals surface area contributed by atoms with Crippen LogP contribution in [-0.2, 0) is 17.6 Å². The van der Waals surface area contributed by atoms with E-state index in [9.17, 15) is 4.79 Å². The average Bonchev–Trinajstić information content (AvgIpc) is 2.79. The van der Waals surface area contributed by atoms with Crippen molar-refractivity contribution in [3.8, 4) is 0 Å². The van der Waals surface area contributed by atoms with Gasteiger partial charge in [0, 0.05) is 24.2 Å². The SMILES string of the molecule is CCCCC(=O)N1c2ccc(CC(N)C(C)C)cc2CC1C. The van der Waals surface area contributed by atoms with Gasteiger partial charge in [0.15, 0.2) is 0 Å². The number of nitrogens with two attached hydrogens (primary N) is 1. The third kappa shape index (κ3) is 3.70. The Morgan fingerprint density at radius 2 is 2.14 bits per heavy atom. The third-order valence-electron chi connectivity index (χ3n) is 4.70. The number of rotatable bonds is 6. The van der Waals surface area contributed by atoms with Crippen LogP contribution in [0.3, 0.4) is 0 Å². The molecule has 2 unspecified atom stereocenters. The lowest BCUT2D eigenvalue weighted by molar-refractivity contribution is -0.119. The molecule has 3 heteroatoms. The van der Waals surface area contributed by atoms with Crippen LogP contribution in [0.2, 0.25) is 0 Å². The highest BCUT2D eigenvalue weighted by Gasteiger charge is 2.30. The Labute approximate surface area is 134 Å². The first-order valence-electron chi connectivity index (χ1n) is 8.63. The van der Waals surface area contributed by atoms with Crippen LogP contribution >= 0.6 is 0 Å². The molecule has 0 spiro atoms.